The highest BCUT2D eigenvalue weighted by molar-refractivity contribution is 6.42. The molecule has 16 heavy (non-hydrogen) atoms. The Morgan fingerprint density at radius 3 is 2.62 bits per heavy atom. The summed E-state index contributed by atoms with van der Waals surface area (Å²) in [6, 6.07) is 3.24. The maximum Gasteiger partial charge on any atom is 0.249 e. The van der Waals surface area contributed by atoms with Crippen molar-refractivity contribution in [2.75, 3.05) is 16.8 Å². The van der Waals surface area contributed by atoms with Crippen LogP contribution in [0.5, 0.6) is 0 Å². The molecule has 1 aromatic rings. The molecule has 2 rings (SSSR count). The Labute approximate surface area is 104 Å². The Kier molecular flexibility index (Phi) is 3.00. The zero-order valence-electron chi connectivity index (χ0n) is 9.05. The van der Waals surface area contributed by atoms with Gasteiger partial charge in [0.2, 0.25) is 5.91 Å². The average molecular weight is 259 g/mol. The number of anilines is 2. The van der Waals surface area contributed by atoms with E-state index in [1.54, 1.807) is 17.0 Å². The predicted octanol–water partition coefficient (Wildman–Crippen LogP) is 3.16. The number of carbonyl (C=O) groups excluding carboxylic acids is 1. The fourth-order valence-electron chi connectivity index (χ4n) is 1.85. The molecule has 0 saturated heterocycles. The van der Waals surface area contributed by atoms with Crippen LogP contribution in [0.2, 0.25) is 10.0 Å². The lowest BCUT2D eigenvalue weighted by atomic mass is 10.1. The second kappa shape index (κ2) is 4.15. The van der Waals surface area contributed by atoms with Crippen molar-refractivity contribution in [2.24, 2.45) is 0 Å². The lowest BCUT2D eigenvalue weighted by molar-refractivity contribution is -0.119. The highest BCUT2D eigenvalue weighted by Gasteiger charge is 2.29. The van der Waals surface area contributed by atoms with E-state index in [0.717, 1.165) is 11.4 Å². The number of nitrogens with zero attached hydrogens (tertiary/aromatic N) is 1. The van der Waals surface area contributed by atoms with Crippen molar-refractivity contribution in [3.05, 3.63) is 22.2 Å². The summed E-state index contributed by atoms with van der Waals surface area (Å²) < 4.78 is 0. The number of hydrogen-bond donors (Lipinski definition) is 1. The van der Waals surface area contributed by atoms with Crippen LogP contribution in [0.15, 0.2) is 12.1 Å². The predicted molar refractivity (Wildman–Crippen MR) is 67.6 cm³/mol. The summed E-state index contributed by atoms with van der Waals surface area (Å²) in [5.74, 6) is 0.0494. The molecule has 0 aromatic heterocycles. The third-order valence-corrected chi connectivity index (χ3v) is 3.38. The number of nitrogens with one attached hydrogen (secondary N) is 1. The van der Waals surface area contributed by atoms with Crippen LogP contribution in [0.4, 0.5) is 11.4 Å². The molecule has 0 bridgehead atoms. The summed E-state index contributed by atoms with van der Waals surface area (Å²) >= 11 is 11.9. The zero-order chi connectivity index (χ0) is 11.9. The van der Waals surface area contributed by atoms with Gasteiger partial charge in [-0.05, 0) is 26.0 Å². The van der Waals surface area contributed by atoms with Gasteiger partial charge in [-0.3, -0.25) is 4.79 Å². The van der Waals surface area contributed by atoms with Gasteiger partial charge < -0.3 is 10.2 Å². The molecule has 0 spiro atoms. The minimum atomic E-state index is -0.232. The fourth-order valence-corrected chi connectivity index (χ4v) is 2.17. The molecule has 0 fully saturated rings. The van der Waals surface area contributed by atoms with Crippen LogP contribution in [0.1, 0.15) is 13.8 Å². The smallest absolute Gasteiger partial charge is 0.249 e. The Morgan fingerprint density at radius 2 is 2.00 bits per heavy atom. The molecule has 1 atom stereocenters. The van der Waals surface area contributed by atoms with Gasteiger partial charge in [-0.25, -0.2) is 0 Å². The van der Waals surface area contributed by atoms with Gasteiger partial charge in [-0.15, -0.1) is 0 Å². The van der Waals surface area contributed by atoms with Gasteiger partial charge in [0.25, 0.3) is 0 Å². The second-order valence-electron chi connectivity index (χ2n) is 3.73. The molecule has 1 aliphatic heterocycles. The molecule has 0 saturated carbocycles. The first-order chi connectivity index (χ1) is 7.54. The van der Waals surface area contributed by atoms with E-state index in [0.29, 0.717) is 16.6 Å². The van der Waals surface area contributed by atoms with E-state index in [4.69, 9.17) is 23.2 Å². The van der Waals surface area contributed by atoms with Crippen molar-refractivity contribution < 1.29 is 4.79 Å². The lowest BCUT2D eigenvalue weighted by Gasteiger charge is -2.33. The molecule has 1 heterocycles. The van der Waals surface area contributed by atoms with Crippen molar-refractivity contribution in [2.45, 2.75) is 19.9 Å². The van der Waals surface area contributed by atoms with Crippen molar-refractivity contribution >= 4 is 40.5 Å². The van der Waals surface area contributed by atoms with Crippen molar-refractivity contribution in [3.8, 4) is 0 Å². The highest BCUT2D eigenvalue weighted by Crippen LogP contribution is 2.37. The fraction of sp³-hybridized carbons (Fsp3) is 0.364. The van der Waals surface area contributed by atoms with E-state index in [-0.39, 0.29) is 11.9 Å². The van der Waals surface area contributed by atoms with E-state index < -0.39 is 0 Å². The Morgan fingerprint density at radius 1 is 1.38 bits per heavy atom. The van der Waals surface area contributed by atoms with Crippen LogP contribution in [-0.4, -0.2) is 18.5 Å². The molecular weight excluding hydrogens is 247 g/mol. The highest BCUT2D eigenvalue weighted by atomic mass is 35.5. The molecule has 0 radical (unpaired) electrons. The number of carbonyl (C=O) groups is 1. The number of benzene rings is 1. The van der Waals surface area contributed by atoms with E-state index in [2.05, 4.69) is 5.32 Å². The molecular formula is C11H12Cl2N2O. The van der Waals surface area contributed by atoms with Gasteiger partial charge in [-0.1, -0.05) is 23.2 Å². The van der Waals surface area contributed by atoms with Crippen molar-refractivity contribution in [1.29, 1.82) is 0 Å². The van der Waals surface area contributed by atoms with E-state index in [9.17, 15) is 4.79 Å². The van der Waals surface area contributed by atoms with E-state index >= 15 is 0 Å². The quantitative estimate of drug-likeness (QED) is 0.840. The first-order valence-electron chi connectivity index (χ1n) is 5.11. The SMILES string of the molecule is CCN1C(=O)C(C)Nc2cc(Cl)c(Cl)cc21. The monoisotopic (exact) mass is 258 g/mol. The molecule has 86 valence electrons. The molecule has 1 aliphatic rings. The molecule has 1 aromatic carbocycles. The molecule has 5 heteroatoms. The number of amides is 1. The number of hydrogen-bond acceptors (Lipinski definition) is 2. The van der Waals surface area contributed by atoms with Crippen LogP contribution in [0.3, 0.4) is 0 Å². The number of fused-ring (bicyclic) bond motifs is 1. The van der Waals surface area contributed by atoms with Crippen molar-refractivity contribution in [3.63, 3.8) is 0 Å². The summed E-state index contributed by atoms with van der Waals surface area (Å²) in [6.45, 7) is 4.38. The van der Waals surface area contributed by atoms with Crippen LogP contribution >= 0.6 is 23.2 Å². The molecule has 1 unspecified atom stereocenters. The summed E-state index contributed by atoms with van der Waals surface area (Å²) in [6.07, 6.45) is 0. The minimum absolute atomic E-state index is 0.0494. The summed E-state index contributed by atoms with van der Waals surface area (Å²) in [4.78, 5) is 13.6. The molecule has 3 nitrogen and oxygen atoms in total. The first-order valence-corrected chi connectivity index (χ1v) is 5.87. The van der Waals surface area contributed by atoms with Gasteiger partial charge in [0.05, 0.1) is 21.4 Å². The Balaban J connectivity index is 2.55. The minimum Gasteiger partial charge on any atom is -0.372 e. The number of likely N-dealkylation sites (N-methyl/N-ethyl adjacent to an activating group) is 1. The Hall–Kier alpha value is -0.930. The van der Waals surface area contributed by atoms with Crippen LogP contribution in [-0.2, 0) is 4.79 Å². The molecule has 1 amide bonds. The number of rotatable bonds is 1. The second-order valence-corrected chi connectivity index (χ2v) is 4.55. The standard InChI is InChI=1S/C11H12Cl2N2O/c1-3-15-10-5-8(13)7(12)4-9(10)14-6(2)11(15)16/h4-6,14H,3H2,1-2H3. The van der Waals surface area contributed by atoms with Crippen LogP contribution in [0, 0.1) is 0 Å². The van der Waals surface area contributed by atoms with Crippen LogP contribution in [0.25, 0.3) is 0 Å². The number of halogens is 2. The lowest BCUT2D eigenvalue weighted by Crippen LogP contribution is -2.45. The van der Waals surface area contributed by atoms with Crippen molar-refractivity contribution in [1.82, 2.24) is 0 Å². The third kappa shape index (κ3) is 1.74. The van der Waals surface area contributed by atoms with Crippen LogP contribution < -0.4 is 10.2 Å². The molecule has 1 N–H and O–H groups in total. The molecule has 0 aliphatic carbocycles. The third-order valence-electron chi connectivity index (χ3n) is 2.65. The average Bonchev–Trinajstić information content (AvgIpc) is 2.24. The largest absolute Gasteiger partial charge is 0.372 e. The van der Waals surface area contributed by atoms with Gasteiger partial charge in [0, 0.05) is 6.54 Å². The Bertz CT molecular complexity index is 448. The van der Waals surface area contributed by atoms with Gasteiger partial charge in [-0.2, -0.15) is 0 Å². The van der Waals surface area contributed by atoms with Gasteiger partial charge in [0.1, 0.15) is 6.04 Å². The van der Waals surface area contributed by atoms with E-state index in [1.807, 2.05) is 13.8 Å². The van der Waals surface area contributed by atoms with E-state index in [1.165, 1.54) is 0 Å². The summed E-state index contributed by atoms with van der Waals surface area (Å²) in [5.41, 5.74) is 1.64. The zero-order valence-corrected chi connectivity index (χ0v) is 10.6. The normalized spacial score (nSPS) is 19.4. The topological polar surface area (TPSA) is 32.3 Å². The van der Waals surface area contributed by atoms with Gasteiger partial charge >= 0.3 is 0 Å². The first kappa shape index (κ1) is 11.6. The maximum absolute atomic E-state index is 11.9. The summed E-state index contributed by atoms with van der Waals surface area (Å²) in [7, 11) is 0. The summed E-state index contributed by atoms with van der Waals surface area (Å²) in [5, 5.41) is 4.06. The maximum atomic E-state index is 11.9. The van der Waals surface area contributed by atoms with Gasteiger partial charge in [0.15, 0.2) is 0 Å².